The molecule has 9 heteroatoms. The summed E-state index contributed by atoms with van der Waals surface area (Å²) in [5, 5.41) is 11.7. The highest BCUT2D eigenvalue weighted by molar-refractivity contribution is 7.13. The van der Waals surface area contributed by atoms with Crippen molar-refractivity contribution in [3.05, 3.63) is 63.9 Å². The molecule has 1 aliphatic carbocycles. The zero-order valence-electron chi connectivity index (χ0n) is 15.7. The van der Waals surface area contributed by atoms with Gasteiger partial charge in [-0.25, -0.2) is 9.48 Å². The maximum atomic E-state index is 12.7. The summed E-state index contributed by atoms with van der Waals surface area (Å²) in [6.07, 6.45) is 1.98. The van der Waals surface area contributed by atoms with Crippen LogP contribution in [0.3, 0.4) is 0 Å². The number of carbonyl (C=O) groups is 2. The van der Waals surface area contributed by atoms with Gasteiger partial charge in [-0.3, -0.25) is 14.2 Å². The lowest BCUT2D eigenvalue weighted by molar-refractivity contribution is -0.120. The Hall–Kier alpha value is -3.20. The van der Waals surface area contributed by atoms with Gasteiger partial charge in [-0.05, 0) is 36.4 Å². The van der Waals surface area contributed by atoms with E-state index in [1.54, 1.807) is 40.2 Å². The van der Waals surface area contributed by atoms with E-state index in [0.717, 1.165) is 17.7 Å². The molecule has 2 heterocycles. The van der Waals surface area contributed by atoms with E-state index in [0.29, 0.717) is 11.4 Å². The number of hydrogen-bond donors (Lipinski definition) is 2. The van der Waals surface area contributed by atoms with Gasteiger partial charge >= 0.3 is 5.69 Å². The van der Waals surface area contributed by atoms with Crippen LogP contribution in [-0.2, 0) is 11.3 Å². The third kappa shape index (κ3) is 4.45. The van der Waals surface area contributed by atoms with Crippen molar-refractivity contribution < 1.29 is 9.59 Å². The van der Waals surface area contributed by atoms with Crippen LogP contribution in [-0.4, -0.2) is 39.3 Å². The Kier molecular flexibility index (Phi) is 5.57. The molecule has 0 atom stereocenters. The van der Waals surface area contributed by atoms with Gasteiger partial charge < -0.3 is 10.6 Å². The summed E-state index contributed by atoms with van der Waals surface area (Å²) in [4.78, 5) is 37.6. The minimum atomic E-state index is -0.317. The molecule has 0 spiro atoms. The van der Waals surface area contributed by atoms with Crippen LogP contribution < -0.4 is 16.3 Å². The molecule has 0 radical (unpaired) electrons. The second-order valence-electron chi connectivity index (χ2n) is 6.81. The SMILES string of the molecule is O=C(CNC(=O)c1ccccc1)NCCn1nc(-c2cccs2)n(C2CC2)c1=O. The average Bonchev–Trinajstić information content (AvgIpc) is 3.31. The van der Waals surface area contributed by atoms with Crippen LogP contribution in [0.25, 0.3) is 10.7 Å². The Balaban J connectivity index is 1.32. The third-order valence-electron chi connectivity index (χ3n) is 4.62. The summed E-state index contributed by atoms with van der Waals surface area (Å²) in [5.41, 5.74) is 0.348. The number of amides is 2. The van der Waals surface area contributed by atoms with E-state index in [2.05, 4.69) is 15.7 Å². The lowest BCUT2D eigenvalue weighted by Crippen LogP contribution is -2.39. The molecule has 1 aromatic carbocycles. The van der Waals surface area contributed by atoms with Gasteiger partial charge in [0.2, 0.25) is 5.91 Å². The lowest BCUT2D eigenvalue weighted by Gasteiger charge is -2.06. The van der Waals surface area contributed by atoms with Crippen LogP contribution >= 0.6 is 11.3 Å². The molecule has 1 aliphatic rings. The zero-order valence-corrected chi connectivity index (χ0v) is 16.5. The number of benzene rings is 1. The molecule has 2 amide bonds. The minimum absolute atomic E-state index is 0.125. The van der Waals surface area contributed by atoms with E-state index in [4.69, 9.17) is 0 Å². The van der Waals surface area contributed by atoms with Crippen molar-refractivity contribution in [3.8, 4) is 10.7 Å². The number of nitrogens with one attached hydrogen (secondary N) is 2. The van der Waals surface area contributed by atoms with E-state index in [1.165, 1.54) is 4.68 Å². The summed E-state index contributed by atoms with van der Waals surface area (Å²) in [6.45, 7) is 0.403. The monoisotopic (exact) mass is 411 g/mol. The number of thiophene rings is 1. The molecule has 2 aromatic heterocycles. The van der Waals surface area contributed by atoms with Crippen LogP contribution in [0.15, 0.2) is 52.6 Å². The molecule has 2 N–H and O–H groups in total. The molecule has 0 bridgehead atoms. The number of aromatic nitrogens is 3. The van der Waals surface area contributed by atoms with Gasteiger partial charge in [0.1, 0.15) is 0 Å². The first kappa shape index (κ1) is 19.1. The third-order valence-corrected chi connectivity index (χ3v) is 5.48. The topological polar surface area (TPSA) is 98.0 Å². The highest BCUT2D eigenvalue weighted by Gasteiger charge is 2.30. The van der Waals surface area contributed by atoms with Gasteiger partial charge in [0.15, 0.2) is 5.82 Å². The van der Waals surface area contributed by atoms with Gasteiger partial charge in [0.25, 0.3) is 5.91 Å². The molecule has 0 aliphatic heterocycles. The smallest absolute Gasteiger partial charge is 0.346 e. The van der Waals surface area contributed by atoms with Gasteiger partial charge in [-0.2, -0.15) is 0 Å². The molecular formula is C20H21N5O3S. The summed E-state index contributed by atoms with van der Waals surface area (Å²) in [5.74, 6) is 0.0668. The van der Waals surface area contributed by atoms with Crippen molar-refractivity contribution in [2.45, 2.75) is 25.4 Å². The predicted molar refractivity (Wildman–Crippen MR) is 110 cm³/mol. The van der Waals surface area contributed by atoms with Crippen LogP contribution in [0.1, 0.15) is 29.2 Å². The molecule has 0 unspecified atom stereocenters. The largest absolute Gasteiger partial charge is 0.353 e. The Labute approximate surface area is 171 Å². The Morgan fingerprint density at radius 3 is 2.59 bits per heavy atom. The molecular weight excluding hydrogens is 390 g/mol. The second-order valence-corrected chi connectivity index (χ2v) is 7.75. The fourth-order valence-corrected chi connectivity index (χ4v) is 3.72. The van der Waals surface area contributed by atoms with E-state index in [-0.39, 0.29) is 43.2 Å². The molecule has 150 valence electrons. The van der Waals surface area contributed by atoms with E-state index in [9.17, 15) is 14.4 Å². The van der Waals surface area contributed by atoms with Crippen LogP contribution in [0.5, 0.6) is 0 Å². The van der Waals surface area contributed by atoms with Gasteiger partial charge in [0, 0.05) is 18.2 Å². The minimum Gasteiger partial charge on any atom is -0.353 e. The maximum absolute atomic E-state index is 12.7. The first-order chi connectivity index (χ1) is 14.1. The maximum Gasteiger partial charge on any atom is 0.346 e. The van der Waals surface area contributed by atoms with Crippen LogP contribution in [0.2, 0.25) is 0 Å². The van der Waals surface area contributed by atoms with Crippen molar-refractivity contribution in [1.29, 1.82) is 0 Å². The highest BCUT2D eigenvalue weighted by Crippen LogP contribution is 2.37. The number of hydrogen-bond acceptors (Lipinski definition) is 5. The van der Waals surface area contributed by atoms with Crippen molar-refractivity contribution >= 4 is 23.2 Å². The molecule has 1 saturated carbocycles. The van der Waals surface area contributed by atoms with Crippen molar-refractivity contribution in [2.75, 3.05) is 13.1 Å². The van der Waals surface area contributed by atoms with Crippen molar-refractivity contribution in [2.24, 2.45) is 0 Å². The van der Waals surface area contributed by atoms with E-state index < -0.39 is 0 Å². The first-order valence-corrected chi connectivity index (χ1v) is 10.3. The molecule has 8 nitrogen and oxygen atoms in total. The lowest BCUT2D eigenvalue weighted by atomic mass is 10.2. The standard InChI is InChI=1S/C20H21N5O3S/c26-17(13-22-19(27)14-5-2-1-3-6-14)21-10-11-24-20(28)25(15-8-9-15)18(23-24)16-7-4-12-29-16/h1-7,12,15H,8-11,13H2,(H,21,26)(H,22,27). The molecule has 1 fully saturated rings. The fourth-order valence-electron chi connectivity index (χ4n) is 3.02. The normalized spacial score (nSPS) is 13.2. The quantitative estimate of drug-likeness (QED) is 0.589. The average molecular weight is 411 g/mol. The number of carbonyl (C=O) groups excluding carboxylic acids is 2. The summed E-state index contributed by atoms with van der Waals surface area (Å²) in [6, 6.07) is 12.8. The Bertz CT molecular complexity index is 1050. The Morgan fingerprint density at radius 2 is 1.90 bits per heavy atom. The van der Waals surface area contributed by atoms with Gasteiger partial charge in [0.05, 0.1) is 18.0 Å². The summed E-state index contributed by atoms with van der Waals surface area (Å²) < 4.78 is 3.16. The van der Waals surface area contributed by atoms with E-state index in [1.807, 2.05) is 23.6 Å². The summed E-state index contributed by atoms with van der Waals surface area (Å²) >= 11 is 1.55. The van der Waals surface area contributed by atoms with E-state index >= 15 is 0 Å². The molecule has 3 aromatic rings. The summed E-state index contributed by atoms with van der Waals surface area (Å²) in [7, 11) is 0. The van der Waals surface area contributed by atoms with Crippen LogP contribution in [0, 0.1) is 0 Å². The van der Waals surface area contributed by atoms with Gasteiger partial charge in [-0.15, -0.1) is 16.4 Å². The zero-order chi connectivity index (χ0) is 20.2. The number of nitrogens with zero attached hydrogens (tertiary/aromatic N) is 3. The van der Waals surface area contributed by atoms with Crippen molar-refractivity contribution in [1.82, 2.24) is 25.0 Å². The van der Waals surface area contributed by atoms with Gasteiger partial charge in [-0.1, -0.05) is 24.3 Å². The van der Waals surface area contributed by atoms with Crippen molar-refractivity contribution in [3.63, 3.8) is 0 Å². The Morgan fingerprint density at radius 1 is 1.10 bits per heavy atom. The molecule has 0 saturated heterocycles. The molecule has 4 rings (SSSR count). The molecule has 29 heavy (non-hydrogen) atoms. The second kappa shape index (κ2) is 8.44. The first-order valence-electron chi connectivity index (χ1n) is 9.46. The highest BCUT2D eigenvalue weighted by atomic mass is 32.1. The predicted octanol–water partition coefficient (Wildman–Crippen LogP) is 1.65. The van der Waals surface area contributed by atoms with Crippen LogP contribution in [0.4, 0.5) is 0 Å². The number of rotatable bonds is 8. The fraction of sp³-hybridized carbons (Fsp3) is 0.300.